The van der Waals surface area contributed by atoms with Gasteiger partial charge in [0.05, 0.1) is 50.4 Å². The van der Waals surface area contributed by atoms with Crippen LogP contribution in [0.25, 0.3) is 11.3 Å². The van der Waals surface area contributed by atoms with Crippen LogP contribution in [0.2, 0.25) is 0 Å². The minimum Gasteiger partial charge on any atom is -0.505 e. The number of amides is 1. The summed E-state index contributed by atoms with van der Waals surface area (Å²) in [6.45, 7) is 2.81. The van der Waals surface area contributed by atoms with Gasteiger partial charge in [-0.1, -0.05) is 12.1 Å². The maximum Gasteiger partial charge on any atom is 0.371 e. The van der Waals surface area contributed by atoms with Gasteiger partial charge in [-0.25, -0.2) is 4.79 Å². The van der Waals surface area contributed by atoms with Crippen LogP contribution in [0.4, 0.5) is 11.4 Å². The van der Waals surface area contributed by atoms with E-state index in [9.17, 15) is 14.7 Å². The van der Waals surface area contributed by atoms with Gasteiger partial charge in [-0.15, -0.1) is 0 Å². The average Bonchev–Trinajstić information content (AvgIpc) is 3.52. The van der Waals surface area contributed by atoms with Gasteiger partial charge in [-0.05, 0) is 80.1 Å². The van der Waals surface area contributed by atoms with E-state index in [1.54, 1.807) is 25.1 Å². The second-order valence-electron chi connectivity index (χ2n) is 10.9. The third kappa shape index (κ3) is 7.00. The smallest absolute Gasteiger partial charge is 0.371 e. The maximum atomic E-state index is 13.1. The van der Waals surface area contributed by atoms with Gasteiger partial charge in [0.1, 0.15) is 12.3 Å². The molecule has 0 atom stereocenters. The van der Waals surface area contributed by atoms with Crippen LogP contribution in [-0.4, -0.2) is 77.4 Å². The molecule has 1 aliphatic carbocycles. The van der Waals surface area contributed by atoms with Crippen LogP contribution in [-0.2, 0) is 17.6 Å². The SMILES string of the molecule is CC1=NN(c2ccc3c(c2)CCCC3)C(=O)C1=NNc1cccc(-c2ccc(C(=O)O)o2)c1O.C[N+](C)(C)CCO. The number of benzene rings is 2. The molecule has 0 saturated carbocycles. The molecule has 0 bridgehead atoms. The number of aromatic hydroxyl groups is 1. The zero-order valence-electron chi connectivity index (χ0n) is 23.7. The highest BCUT2D eigenvalue weighted by atomic mass is 16.4. The number of hydrogen-bond acceptors (Lipinski definition) is 8. The minimum absolute atomic E-state index is 0.133. The Bertz CT molecular complexity index is 1500. The Labute approximate surface area is 238 Å². The summed E-state index contributed by atoms with van der Waals surface area (Å²) in [5.74, 6) is -1.80. The second-order valence-corrected chi connectivity index (χ2v) is 10.9. The van der Waals surface area contributed by atoms with E-state index in [1.165, 1.54) is 34.7 Å². The topological polar surface area (TPSA) is 148 Å². The highest BCUT2D eigenvalue weighted by molar-refractivity contribution is 6.71. The summed E-state index contributed by atoms with van der Waals surface area (Å²) in [6, 6.07) is 13.6. The number of phenolic OH excluding ortho intramolecular Hbond substituents is 1. The minimum atomic E-state index is -1.20. The van der Waals surface area contributed by atoms with E-state index in [4.69, 9.17) is 14.6 Å². The van der Waals surface area contributed by atoms with Crippen LogP contribution in [0, 0.1) is 0 Å². The third-order valence-electron chi connectivity index (χ3n) is 6.74. The van der Waals surface area contributed by atoms with Gasteiger partial charge < -0.3 is 24.2 Å². The van der Waals surface area contributed by atoms with E-state index in [1.807, 2.05) is 12.1 Å². The summed E-state index contributed by atoms with van der Waals surface area (Å²) in [6.07, 6.45) is 4.38. The van der Waals surface area contributed by atoms with Crippen molar-refractivity contribution in [1.82, 2.24) is 0 Å². The number of quaternary nitrogens is 1. The number of carboxylic acids is 1. The van der Waals surface area contributed by atoms with Crippen molar-refractivity contribution in [3.8, 4) is 17.1 Å². The number of hydrazone groups is 2. The molecule has 0 saturated heterocycles. The van der Waals surface area contributed by atoms with Crippen LogP contribution < -0.4 is 10.4 Å². The first-order valence-corrected chi connectivity index (χ1v) is 13.4. The molecule has 0 fully saturated rings. The number of aryl methyl sites for hydroxylation is 2. The zero-order chi connectivity index (χ0) is 29.7. The number of anilines is 2. The van der Waals surface area contributed by atoms with Crippen molar-refractivity contribution in [2.45, 2.75) is 32.6 Å². The molecule has 216 valence electrons. The molecule has 4 N–H and O–H groups in total. The number of carbonyl (C=O) groups is 2. The molecular weight excluding hydrogens is 526 g/mol. The van der Waals surface area contributed by atoms with Gasteiger partial charge in [-0.3, -0.25) is 10.2 Å². The standard InChI is InChI=1S/C25H22N4O5.C5H14NO/c1-14-22(24(31)29(28-14)17-10-9-15-5-2-3-6-16(15)13-17)27-26-19-8-4-7-18(23(19)30)20-11-12-21(34-20)25(32)33;1-6(2,3)4-5-7/h4,7-13,26,30H,2-3,5-6H2,1H3,(H,32,33);7H,4-5H2,1-3H3/q;+1. The van der Waals surface area contributed by atoms with E-state index in [0.717, 1.165) is 30.3 Å². The van der Waals surface area contributed by atoms with Crippen molar-refractivity contribution < 1.29 is 33.8 Å². The molecule has 0 radical (unpaired) electrons. The van der Waals surface area contributed by atoms with Crippen LogP contribution in [0.15, 0.2) is 63.2 Å². The van der Waals surface area contributed by atoms with Crippen molar-refractivity contribution in [3.05, 3.63) is 65.4 Å². The fourth-order valence-corrected chi connectivity index (χ4v) is 4.50. The van der Waals surface area contributed by atoms with E-state index in [2.05, 4.69) is 42.8 Å². The summed E-state index contributed by atoms with van der Waals surface area (Å²) in [7, 11) is 6.16. The number of likely N-dealkylation sites (N-methyl/N-ethyl adjacent to an activating group) is 1. The quantitative estimate of drug-likeness (QED) is 0.192. The fraction of sp³-hybridized carbons (Fsp3) is 0.333. The largest absolute Gasteiger partial charge is 0.505 e. The van der Waals surface area contributed by atoms with Crippen LogP contribution in [0.1, 0.15) is 41.4 Å². The van der Waals surface area contributed by atoms with Crippen molar-refractivity contribution in [2.75, 3.05) is 44.7 Å². The first kappa shape index (κ1) is 29.5. The summed E-state index contributed by atoms with van der Waals surface area (Å²) in [4.78, 5) is 24.1. The maximum absolute atomic E-state index is 13.1. The van der Waals surface area contributed by atoms with E-state index < -0.39 is 5.97 Å². The zero-order valence-corrected chi connectivity index (χ0v) is 23.7. The predicted octanol–water partition coefficient (Wildman–Crippen LogP) is 4.10. The van der Waals surface area contributed by atoms with Crippen LogP contribution in [0.5, 0.6) is 5.75 Å². The highest BCUT2D eigenvalue weighted by Crippen LogP contribution is 2.36. The summed E-state index contributed by atoms with van der Waals surface area (Å²) < 4.78 is 6.12. The van der Waals surface area contributed by atoms with Crippen molar-refractivity contribution in [2.24, 2.45) is 10.2 Å². The van der Waals surface area contributed by atoms with Gasteiger partial charge in [0.25, 0.3) is 0 Å². The first-order chi connectivity index (χ1) is 19.5. The lowest BCUT2D eigenvalue weighted by Gasteiger charge is -2.21. The number of furan rings is 1. The summed E-state index contributed by atoms with van der Waals surface area (Å²) in [5, 5.41) is 38.1. The number of nitrogens with zero attached hydrogens (tertiary/aromatic N) is 4. The van der Waals surface area contributed by atoms with Crippen molar-refractivity contribution in [1.29, 1.82) is 0 Å². The Morgan fingerprint density at radius 2 is 1.83 bits per heavy atom. The molecule has 1 aliphatic heterocycles. The molecule has 0 unspecified atom stereocenters. The molecule has 1 amide bonds. The molecule has 11 nitrogen and oxygen atoms in total. The molecule has 2 aromatic carbocycles. The number of carbonyl (C=O) groups excluding carboxylic acids is 1. The molecule has 11 heteroatoms. The lowest BCUT2D eigenvalue weighted by Crippen LogP contribution is -2.36. The van der Waals surface area contributed by atoms with Gasteiger partial charge in [0.2, 0.25) is 5.76 Å². The Morgan fingerprint density at radius 3 is 2.46 bits per heavy atom. The molecule has 0 spiro atoms. The van der Waals surface area contributed by atoms with E-state index in [0.29, 0.717) is 11.4 Å². The molecule has 2 aliphatic rings. The van der Waals surface area contributed by atoms with Gasteiger partial charge in [0, 0.05) is 0 Å². The fourth-order valence-electron chi connectivity index (χ4n) is 4.50. The molecule has 5 rings (SSSR count). The number of phenols is 1. The molecular formula is C30H36N5O6+. The number of aliphatic hydroxyl groups excluding tert-OH is 1. The highest BCUT2D eigenvalue weighted by Gasteiger charge is 2.31. The second kappa shape index (κ2) is 12.4. The van der Waals surface area contributed by atoms with E-state index in [-0.39, 0.29) is 46.7 Å². The van der Waals surface area contributed by atoms with Gasteiger partial charge in [-0.2, -0.15) is 15.2 Å². The van der Waals surface area contributed by atoms with Gasteiger partial charge >= 0.3 is 11.9 Å². The monoisotopic (exact) mass is 562 g/mol. The summed E-state index contributed by atoms with van der Waals surface area (Å²) >= 11 is 0. The average molecular weight is 563 g/mol. The first-order valence-electron chi connectivity index (χ1n) is 13.4. The number of carboxylic acid groups (broad SMARTS) is 1. The van der Waals surface area contributed by atoms with Gasteiger partial charge in [0.15, 0.2) is 11.5 Å². The lowest BCUT2D eigenvalue weighted by molar-refractivity contribution is -0.870. The summed E-state index contributed by atoms with van der Waals surface area (Å²) in [5.41, 5.74) is 7.10. The number of aromatic carboxylic acids is 1. The van der Waals surface area contributed by atoms with Crippen molar-refractivity contribution >= 4 is 34.7 Å². The Balaban J connectivity index is 0.000000493. The third-order valence-corrected chi connectivity index (χ3v) is 6.74. The molecule has 3 aromatic rings. The molecule has 41 heavy (non-hydrogen) atoms. The lowest BCUT2D eigenvalue weighted by atomic mass is 9.91. The molecule has 1 aromatic heterocycles. The Kier molecular flexibility index (Phi) is 8.89. The predicted molar refractivity (Wildman–Crippen MR) is 157 cm³/mol. The van der Waals surface area contributed by atoms with Crippen LogP contribution >= 0.6 is 0 Å². The number of nitrogens with one attached hydrogen (secondary N) is 1. The Hall–Kier alpha value is -4.48. The van der Waals surface area contributed by atoms with Crippen LogP contribution in [0.3, 0.4) is 0 Å². The molecule has 2 heterocycles. The number of para-hydroxylation sites is 1. The number of fused-ring (bicyclic) bond motifs is 1. The normalized spacial score (nSPS) is 15.7. The number of rotatable bonds is 7. The van der Waals surface area contributed by atoms with Crippen molar-refractivity contribution in [3.63, 3.8) is 0 Å². The number of aliphatic hydroxyl groups is 1. The van der Waals surface area contributed by atoms with E-state index >= 15 is 0 Å². The Morgan fingerprint density at radius 1 is 1.10 bits per heavy atom. The number of hydrogen-bond donors (Lipinski definition) is 4.